The van der Waals surface area contributed by atoms with Crippen LogP contribution in [-0.4, -0.2) is 0 Å². The summed E-state index contributed by atoms with van der Waals surface area (Å²) in [6, 6.07) is 8.93. The lowest BCUT2D eigenvalue weighted by Crippen LogP contribution is -2.06. The van der Waals surface area contributed by atoms with Gasteiger partial charge in [-0.25, -0.2) is 4.39 Å². The zero-order valence-corrected chi connectivity index (χ0v) is 11.0. The van der Waals surface area contributed by atoms with E-state index in [0.29, 0.717) is 5.56 Å². The van der Waals surface area contributed by atoms with Crippen LogP contribution < -0.4 is 10.5 Å². The van der Waals surface area contributed by atoms with Gasteiger partial charge >= 0.3 is 6.18 Å². The van der Waals surface area contributed by atoms with Crippen molar-refractivity contribution in [2.24, 2.45) is 5.73 Å². The minimum Gasteiger partial charge on any atom is -0.488 e. The van der Waals surface area contributed by atoms with Crippen LogP contribution in [0.1, 0.15) is 16.7 Å². The molecule has 0 heterocycles. The largest absolute Gasteiger partial charge is 0.488 e. The van der Waals surface area contributed by atoms with Crippen LogP contribution in [0.5, 0.6) is 5.75 Å². The van der Waals surface area contributed by atoms with E-state index in [9.17, 15) is 17.6 Å². The van der Waals surface area contributed by atoms with Crippen molar-refractivity contribution in [3.05, 3.63) is 65.0 Å². The number of nitrogens with two attached hydrogens (primary N) is 1. The summed E-state index contributed by atoms with van der Waals surface area (Å²) in [5.74, 6) is -0.181. The summed E-state index contributed by atoms with van der Waals surface area (Å²) in [7, 11) is 0. The summed E-state index contributed by atoms with van der Waals surface area (Å²) in [6.07, 6.45) is -4.37. The highest BCUT2D eigenvalue weighted by Gasteiger charge is 2.29. The molecule has 0 fully saturated rings. The SMILES string of the molecule is NCc1c(F)cccc1OCc1ccc(C(F)(F)F)cc1. The minimum atomic E-state index is -4.37. The molecule has 0 bridgehead atoms. The zero-order chi connectivity index (χ0) is 15.5. The fourth-order valence-electron chi connectivity index (χ4n) is 1.82. The summed E-state index contributed by atoms with van der Waals surface area (Å²) >= 11 is 0. The van der Waals surface area contributed by atoms with Crippen LogP contribution in [0.15, 0.2) is 42.5 Å². The summed E-state index contributed by atoms with van der Waals surface area (Å²) in [5, 5.41) is 0. The molecule has 0 aliphatic heterocycles. The Morgan fingerprint density at radius 3 is 2.24 bits per heavy atom. The highest BCUT2D eigenvalue weighted by Crippen LogP contribution is 2.29. The third-order valence-corrected chi connectivity index (χ3v) is 2.96. The predicted octanol–water partition coefficient (Wildman–Crippen LogP) is 3.88. The van der Waals surface area contributed by atoms with Crippen molar-refractivity contribution in [1.29, 1.82) is 0 Å². The Labute approximate surface area is 119 Å². The first-order chi connectivity index (χ1) is 9.91. The fourth-order valence-corrected chi connectivity index (χ4v) is 1.82. The summed E-state index contributed by atoms with van der Waals surface area (Å²) in [5.41, 5.74) is 5.51. The van der Waals surface area contributed by atoms with Gasteiger partial charge in [0.2, 0.25) is 0 Å². The quantitative estimate of drug-likeness (QED) is 0.870. The summed E-state index contributed by atoms with van der Waals surface area (Å²) in [6.45, 7) is 0.0175. The number of benzene rings is 2. The molecule has 2 aromatic carbocycles. The van der Waals surface area contributed by atoms with Crippen LogP contribution in [-0.2, 0) is 19.3 Å². The molecule has 21 heavy (non-hydrogen) atoms. The molecule has 2 N–H and O–H groups in total. The molecule has 2 nitrogen and oxygen atoms in total. The lowest BCUT2D eigenvalue weighted by atomic mass is 10.1. The second kappa shape index (κ2) is 6.13. The Morgan fingerprint density at radius 2 is 1.67 bits per heavy atom. The minimum absolute atomic E-state index is 0.0188. The van der Waals surface area contributed by atoms with E-state index in [-0.39, 0.29) is 24.5 Å². The van der Waals surface area contributed by atoms with E-state index >= 15 is 0 Å². The molecule has 0 saturated heterocycles. The van der Waals surface area contributed by atoms with Gasteiger partial charge in [0.15, 0.2) is 0 Å². The Hall–Kier alpha value is -2.08. The Morgan fingerprint density at radius 1 is 1.00 bits per heavy atom. The summed E-state index contributed by atoms with van der Waals surface area (Å²) in [4.78, 5) is 0. The number of hydrogen-bond acceptors (Lipinski definition) is 2. The van der Waals surface area contributed by atoms with Gasteiger partial charge in [-0.15, -0.1) is 0 Å². The van der Waals surface area contributed by atoms with Gasteiger partial charge in [0.1, 0.15) is 18.2 Å². The zero-order valence-electron chi connectivity index (χ0n) is 11.0. The van der Waals surface area contributed by atoms with Gasteiger partial charge in [0.05, 0.1) is 5.56 Å². The Kier molecular flexibility index (Phi) is 4.47. The second-order valence-electron chi connectivity index (χ2n) is 4.40. The maximum absolute atomic E-state index is 13.5. The van der Waals surface area contributed by atoms with Gasteiger partial charge < -0.3 is 10.5 Å². The second-order valence-corrected chi connectivity index (χ2v) is 4.40. The third-order valence-electron chi connectivity index (χ3n) is 2.96. The number of hydrogen-bond donors (Lipinski definition) is 1. The first-order valence-electron chi connectivity index (χ1n) is 6.18. The first kappa shape index (κ1) is 15.3. The smallest absolute Gasteiger partial charge is 0.416 e. The Balaban J connectivity index is 2.09. The molecule has 0 radical (unpaired) electrons. The third kappa shape index (κ3) is 3.72. The van der Waals surface area contributed by atoms with Crippen molar-refractivity contribution in [1.82, 2.24) is 0 Å². The van der Waals surface area contributed by atoms with Gasteiger partial charge in [-0.3, -0.25) is 0 Å². The van der Waals surface area contributed by atoms with E-state index in [1.165, 1.54) is 24.3 Å². The molecule has 0 saturated carbocycles. The Bertz CT molecular complexity index is 608. The standard InChI is InChI=1S/C15H13F4NO/c16-13-2-1-3-14(12(13)8-20)21-9-10-4-6-11(7-5-10)15(17,18)19/h1-7H,8-9,20H2. The average Bonchev–Trinajstić information content (AvgIpc) is 2.44. The van der Waals surface area contributed by atoms with E-state index in [2.05, 4.69) is 0 Å². The van der Waals surface area contributed by atoms with Crippen molar-refractivity contribution >= 4 is 0 Å². The fraction of sp³-hybridized carbons (Fsp3) is 0.200. The molecule has 6 heteroatoms. The molecule has 0 amide bonds. The molecule has 0 unspecified atom stereocenters. The van der Waals surface area contributed by atoms with Crippen molar-refractivity contribution in [3.8, 4) is 5.75 Å². The highest BCUT2D eigenvalue weighted by molar-refractivity contribution is 5.35. The maximum atomic E-state index is 13.5. The van der Waals surface area contributed by atoms with E-state index in [1.807, 2.05) is 0 Å². The molecule has 0 atom stereocenters. The molecule has 0 aliphatic carbocycles. The molecule has 2 rings (SSSR count). The van der Waals surface area contributed by atoms with Crippen molar-refractivity contribution in [2.45, 2.75) is 19.3 Å². The molecular formula is C15H13F4NO. The molecule has 0 aliphatic rings. The lowest BCUT2D eigenvalue weighted by Gasteiger charge is -2.12. The molecular weight excluding hydrogens is 286 g/mol. The first-order valence-corrected chi connectivity index (χ1v) is 6.18. The molecule has 0 aromatic heterocycles. The van der Waals surface area contributed by atoms with Gasteiger partial charge in [-0.1, -0.05) is 18.2 Å². The topological polar surface area (TPSA) is 35.2 Å². The van der Waals surface area contributed by atoms with Gasteiger partial charge in [-0.05, 0) is 29.8 Å². The van der Waals surface area contributed by atoms with Crippen LogP contribution in [0.4, 0.5) is 17.6 Å². The predicted molar refractivity (Wildman–Crippen MR) is 70.1 cm³/mol. The maximum Gasteiger partial charge on any atom is 0.416 e. The number of rotatable bonds is 4. The highest BCUT2D eigenvalue weighted by atomic mass is 19.4. The van der Waals surface area contributed by atoms with Crippen LogP contribution in [0.3, 0.4) is 0 Å². The normalized spacial score (nSPS) is 11.5. The number of ether oxygens (including phenoxy) is 1. The van der Waals surface area contributed by atoms with E-state index in [1.54, 1.807) is 6.07 Å². The number of alkyl halides is 3. The summed E-state index contributed by atoms with van der Waals surface area (Å²) < 4.78 is 56.2. The molecule has 0 spiro atoms. The van der Waals surface area contributed by atoms with E-state index < -0.39 is 17.6 Å². The van der Waals surface area contributed by atoms with Crippen LogP contribution >= 0.6 is 0 Å². The van der Waals surface area contributed by atoms with Crippen molar-refractivity contribution in [3.63, 3.8) is 0 Å². The average molecular weight is 299 g/mol. The molecule has 112 valence electrons. The van der Waals surface area contributed by atoms with Crippen LogP contribution in [0.2, 0.25) is 0 Å². The van der Waals surface area contributed by atoms with Crippen LogP contribution in [0.25, 0.3) is 0 Å². The van der Waals surface area contributed by atoms with E-state index in [0.717, 1.165) is 12.1 Å². The lowest BCUT2D eigenvalue weighted by molar-refractivity contribution is -0.137. The number of halogens is 4. The van der Waals surface area contributed by atoms with Crippen molar-refractivity contribution in [2.75, 3.05) is 0 Å². The van der Waals surface area contributed by atoms with Crippen LogP contribution in [0, 0.1) is 5.82 Å². The van der Waals surface area contributed by atoms with Gasteiger partial charge in [-0.2, -0.15) is 13.2 Å². The van der Waals surface area contributed by atoms with Gasteiger partial charge in [0, 0.05) is 12.1 Å². The van der Waals surface area contributed by atoms with Gasteiger partial charge in [0.25, 0.3) is 0 Å². The monoisotopic (exact) mass is 299 g/mol. The van der Waals surface area contributed by atoms with E-state index in [4.69, 9.17) is 10.5 Å². The molecule has 2 aromatic rings. The van der Waals surface area contributed by atoms with Crippen molar-refractivity contribution < 1.29 is 22.3 Å².